The predicted octanol–water partition coefficient (Wildman–Crippen LogP) is 1.45. The molecule has 2 atom stereocenters. The normalized spacial score (nSPS) is 29.0. The van der Waals surface area contributed by atoms with E-state index in [1.807, 2.05) is 14.0 Å². The van der Waals surface area contributed by atoms with Gasteiger partial charge >= 0.3 is 0 Å². The minimum Gasteiger partial charge on any atom is -0.381 e. The first-order valence-electron chi connectivity index (χ1n) is 9.11. The Morgan fingerprint density at radius 3 is 3.04 bits per heavy atom. The first kappa shape index (κ1) is 18.9. The lowest BCUT2D eigenvalue weighted by Gasteiger charge is -2.28. The molecule has 1 spiro atoms. The molecular formula is C17H29IN6O. The molecule has 2 saturated heterocycles. The monoisotopic (exact) mass is 460 g/mol. The maximum Gasteiger partial charge on any atom is 0.193 e. The Morgan fingerprint density at radius 2 is 2.28 bits per heavy atom. The van der Waals surface area contributed by atoms with Crippen molar-refractivity contribution >= 4 is 29.9 Å². The third-order valence-electron chi connectivity index (χ3n) is 5.91. The molecule has 4 rings (SSSR count). The highest BCUT2D eigenvalue weighted by Gasteiger charge is 2.42. The third kappa shape index (κ3) is 3.79. The second-order valence-electron chi connectivity index (χ2n) is 7.58. The largest absolute Gasteiger partial charge is 0.381 e. The molecule has 0 radical (unpaired) electrons. The summed E-state index contributed by atoms with van der Waals surface area (Å²) in [5.74, 6) is 3.82. The highest BCUT2D eigenvalue weighted by atomic mass is 127. The van der Waals surface area contributed by atoms with Gasteiger partial charge < -0.3 is 19.5 Å². The molecule has 2 unspecified atom stereocenters. The molecule has 3 aliphatic heterocycles. The molecule has 0 aromatic carbocycles. The summed E-state index contributed by atoms with van der Waals surface area (Å²) in [5.41, 5.74) is 0.372. The first-order valence-corrected chi connectivity index (χ1v) is 9.11. The number of likely N-dealkylation sites (tertiary alicyclic amines) is 1. The van der Waals surface area contributed by atoms with E-state index in [-0.39, 0.29) is 24.0 Å². The van der Waals surface area contributed by atoms with Crippen LogP contribution in [0.25, 0.3) is 0 Å². The van der Waals surface area contributed by atoms with Crippen LogP contribution in [0.2, 0.25) is 0 Å². The van der Waals surface area contributed by atoms with E-state index >= 15 is 0 Å². The van der Waals surface area contributed by atoms with Crippen molar-refractivity contribution < 1.29 is 4.74 Å². The summed E-state index contributed by atoms with van der Waals surface area (Å²) < 4.78 is 7.90. The summed E-state index contributed by atoms with van der Waals surface area (Å²) >= 11 is 0. The fourth-order valence-corrected chi connectivity index (χ4v) is 4.35. The van der Waals surface area contributed by atoms with Crippen LogP contribution >= 0.6 is 24.0 Å². The number of rotatable bonds is 2. The van der Waals surface area contributed by atoms with Crippen LogP contribution in [0.15, 0.2) is 4.99 Å². The van der Waals surface area contributed by atoms with Gasteiger partial charge in [-0.05, 0) is 32.1 Å². The zero-order valence-electron chi connectivity index (χ0n) is 15.2. The second-order valence-corrected chi connectivity index (χ2v) is 7.58. The quantitative estimate of drug-likeness (QED) is 0.411. The van der Waals surface area contributed by atoms with E-state index < -0.39 is 0 Å². The third-order valence-corrected chi connectivity index (χ3v) is 5.91. The van der Waals surface area contributed by atoms with Gasteiger partial charge in [0.15, 0.2) is 5.96 Å². The average Bonchev–Trinajstić information content (AvgIpc) is 3.32. The topological polar surface area (TPSA) is 67.6 Å². The summed E-state index contributed by atoms with van der Waals surface area (Å²) in [4.78, 5) is 6.93. The van der Waals surface area contributed by atoms with Gasteiger partial charge in [0, 0.05) is 51.7 Å². The molecule has 0 amide bonds. The first-order chi connectivity index (χ1) is 11.7. The second kappa shape index (κ2) is 7.77. The van der Waals surface area contributed by atoms with E-state index in [2.05, 4.69) is 30.0 Å². The number of fused-ring (bicyclic) bond motifs is 1. The lowest BCUT2D eigenvalue weighted by atomic mass is 9.87. The summed E-state index contributed by atoms with van der Waals surface area (Å²) in [5, 5.41) is 12.1. The van der Waals surface area contributed by atoms with Crippen molar-refractivity contribution in [3.63, 3.8) is 0 Å². The number of halogens is 1. The Kier molecular flexibility index (Phi) is 5.87. The predicted molar refractivity (Wildman–Crippen MR) is 107 cm³/mol. The number of guanidine groups is 1. The van der Waals surface area contributed by atoms with Gasteiger partial charge in [0.05, 0.1) is 6.61 Å². The van der Waals surface area contributed by atoms with Gasteiger partial charge in [-0.25, -0.2) is 0 Å². The number of aromatic nitrogens is 3. The number of nitrogens with one attached hydrogen (secondary N) is 1. The molecule has 1 N–H and O–H groups in total. The maximum absolute atomic E-state index is 5.63. The number of aliphatic imine (C=N–C) groups is 1. The number of hydrogen-bond acceptors (Lipinski definition) is 4. The lowest BCUT2D eigenvalue weighted by molar-refractivity contribution is 0.156. The fraction of sp³-hybridized carbons (Fsp3) is 0.824. The van der Waals surface area contributed by atoms with Crippen LogP contribution in [0.1, 0.15) is 30.9 Å². The molecule has 1 aromatic rings. The Labute approximate surface area is 166 Å². The molecule has 140 valence electrons. The van der Waals surface area contributed by atoms with Crippen LogP contribution in [-0.4, -0.2) is 65.5 Å². The van der Waals surface area contributed by atoms with Crippen molar-refractivity contribution in [1.82, 2.24) is 25.0 Å². The zero-order chi connectivity index (χ0) is 16.6. The van der Waals surface area contributed by atoms with E-state index in [9.17, 15) is 0 Å². The van der Waals surface area contributed by atoms with Crippen LogP contribution in [0.4, 0.5) is 0 Å². The molecule has 7 nitrogen and oxygen atoms in total. The molecule has 0 aliphatic carbocycles. The Morgan fingerprint density at radius 1 is 1.40 bits per heavy atom. The molecular weight excluding hydrogens is 431 g/mol. The van der Waals surface area contributed by atoms with Gasteiger partial charge in [-0.1, -0.05) is 0 Å². The number of nitrogens with zero attached hydrogens (tertiary/aromatic N) is 5. The van der Waals surface area contributed by atoms with Crippen molar-refractivity contribution in [1.29, 1.82) is 0 Å². The summed E-state index contributed by atoms with van der Waals surface area (Å²) in [6.07, 6.45) is 4.61. The minimum atomic E-state index is 0. The molecule has 0 saturated carbocycles. The van der Waals surface area contributed by atoms with Crippen LogP contribution in [0.3, 0.4) is 0 Å². The van der Waals surface area contributed by atoms with Crippen LogP contribution < -0.4 is 5.32 Å². The molecule has 3 aliphatic rings. The van der Waals surface area contributed by atoms with Crippen molar-refractivity contribution in [2.24, 2.45) is 16.3 Å². The Hall–Kier alpha value is -0.900. The van der Waals surface area contributed by atoms with Crippen molar-refractivity contribution in [2.45, 2.75) is 39.2 Å². The molecule has 1 aromatic heterocycles. The average molecular weight is 460 g/mol. The smallest absolute Gasteiger partial charge is 0.193 e. The Bertz CT molecular complexity index is 625. The van der Waals surface area contributed by atoms with Crippen LogP contribution in [0, 0.1) is 18.3 Å². The van der Waals surface area contributed by atoms with Gasteiger partial charge in [-0.3, -0.25) is 4.99 Å². The zero-order valence-corrected chi connectivity index (χ0v) is 17.5. The highest BCUT2D eigenvalue weighted by Crippen LogP contribution is 2.38. The van der Waals surface area contributed by atoms with E-state index in [1.54, 1.807) is 0 Å². The van der Waals surface area contributed by atoms with Gasteiger partial charge in [-0.15, -0.1) is 34.2 Å². The van der Waals surface area contributed by atoms with Gasteiger partial charge in [0.2, 0.25) is 0 Å². The van der Waals surface area contributed by atoms with Crippen LogP contribution in [-0.2, 0) is 17.7 Å². The number of hydrogen-bond donors (Lipinski definition) is 1. The molecule has 8 heteroatoms. The standard InChI is InChI=1S/C17H28N6O.HI/c1-13-20-21-15-4-3-14(10-23(13)15)9-19-16(18-2)22-7-5-17(11-22)6-8-24-12-17;/h14H,3-12H2,1-2H3,(H,18,19);1H. The van der Waals surface area contributed by atoms with E-state index in [0.29, 0.717) is 11.3 Å². The summed E-state index contributed by atoms with van der Waals surface area (Å²) in [6.45, 7) is 8.01. The van der Waals surface area contributed by atoms with E-state index in [1.165, 1.54) is 19.3 Å². The van der Waals surface area contributed by atoms with Crippen molar-refractivity contribution in [3.05, 3.63) is 11.6 Å². The van der Waals surface area contributed by atoms with Crippen LogP contribution in [0.5, 0.6) is 0 Å². The van der Waals surface area contributed by atoms with Crippen molar-refractivity contribution in [2.75, 3.05) is 39.9 Å². The maximum atomic E-state index is 5.63. The summed E-state index contributed by atoms with van der Waals surface area (Å²) in [6, 6.07) is 0. The molecule has 0 bridgehead atoms. The Balaban J connectivity index is 0.00000182. The fourth-order valence-electron chi connectivity index (χ4n) is 4.35. The van der Waals surface area contributed by atoms with Gasteiger partial charge in [0.1, 0.15) is 11.6 Å². The van der Waals surface area contributed by atoms with Crippen molar-refractivity contribution in [3.8, 4) is 0 Å². The minimum absolute atomic E-state index is 0. The molecule has 25 heavy (non-hydrogen) atoms. The summed E-state index contributed by atoms with van der Waals surface area (Å²) in [7, 11) is 1.89. The SMILES string of the molecule is CN=C(NCC1CCc2nnc(C)n2C1)N1CCC2(CCOC2)C1.I. The number of aryl methyl sites for hydroxylation is 2. The van der Waals surface area contributed by atoms with Gasteiger partial charge in [-0.2, -0.15) is 0 Å². The van der Waals surface area contributed by atoms with E-state index in [4.69, 9.17) is 4.74 Å². The van der Waals surface area contributed by atoms with E-state index in [0.717, 1.165) is 63.4 Å². The van der Waals surface area contributed by atoms with Gasteiger partial charge in [0.25, 0.3) is 0 Å². The molecule has 4 heterocycles. The lowest BCUT2D eigenvalue weighted by Crippen LogP contribution is -2.44. The number of ether oxygens (including phenoxy) is 1. The highest BCUT2D eigenvalue weighted by molar-refractivity contribution is 14.0. The molecule has 2 fully saturated rings.